The first kappa shape index (κ1) is 27.7. The van der Waals surface area contributed by atoms with Crippen molar-refractivity contribution in [2.45, 2.75) is 47.9 Å². The number of aromatic nitrogens is 3. The number of rotatable bonds is 8. The molecule has 42 heavy (non-hydrogen) atoms. The Morgan fingerprint density at radius 1 is 1.05 bits per heavy atom. The topological polar surface area (TPSA) is 126 Å². The van der Waals surface area contributed by atoms with Gasteiger partial charge >= 0.3 is 0 Å². The number of hydrogen-bond donors (Lipinski definition) is 4. The first-order valence-corrected chi connectivity index (χ1v) is 14.7. The number of amides is 1. The maximum absolute atomic E-state index is 13.7. The maximum Gasteiger partial charge on any atom is 0.252 e. The van der Waals surface area contributed by atoms with E-state index in [1.807, 2.05) is 66.7 Å². The van der Waals surface area contributed by atoms with Crippen molar-refractivity contribution in [3.63, 3.8) is 0 Å². The van der Waals surface area contributed by atoms with Crippen LogP contribution in [0.3, 0.4) is 0 Å². The number of aryl methyl sites for hydroxylation is 1. The van der Waals surface area contributed by atoms with E-state index in [9.17, 15) is 9.90 Å². The van der Waals surface area contributed by atoms with Gasteiger partial charge in [-0.1, -0.05) is 49.9 Å². The van der Waals surface area contributed by atoms with Crippen LogP contribution in [0.25, 0.3) is 11.0 Å². The van der Waals surface area contributed by atoms with Gasteiger partial charge in [0.2, 0.25) is 0 Å². The van der Waals surface area contributed by atoms with Gasteiger partial charge in [-0.05, 0) is 84.5 Å². The van der Waals surface area contributed by atoms with Crippen molar-refractivity contribution >= 4 is 45.9 Å². The highest BCUT2D eigenvalue weighted by atomic mass is 32.2. The zero-order valence-electron chi connectivity index (χ0n) is 23.5. The SMILES string of the molecule is CC(C)c1ccc2c(Nc3cc(C(=O)NC4(CO)CCc5ccccc54)ccc3Sc3ccc(N)cc3)ncnc2n1. The van der Waals surface area contributed by atoms with Gasteiger partial charge in [-0.2, -0.15) is 0 Å². The van der Waals surface area contributed by atoms with Crippen molar-refractivity contribution in [1.29, 1.82) is 0 Å². The number of carbonyl (C=O) groups is 1. The summed E-state index contributed by atoms with van der Waals surface area (Å²) in [6.07, 6.45) is 2.94. The maximum atomic E-state index is 13.7. The van der Waals surface area contributed by atoms with Gasteiger partial charge in [-0.15, -0.1) is 0 Å². The summed E-state index contributed by atoms with van der Waals surface area (Å²) < 4.78 is 0. The van der Waals surface area contributed by atoms with Gasteiger partial charge < -0.3 is 21.5 Å². The predicted molar refractivity (Wildman–Crippen MR) is 167 cm³/mol. The summed E-state index contributed by atoms with van der Waals surface area (Å²) in [7, 11) is 0. The Hall–Kier alpha value is -4.47. The molecule has 2 heterocycles. The molecule has 1 unspecified atom stereocenters. The second kappa shape index (κ2) is 11.4. The molecule has 6 rings (SSSR count). The van der Waals surface area contributed by atoms with Gasteiger partial charge in [0.1, 0.15) is 12.1 Å². The standard InChI is InChI=1S/C33H32N6O2S/c1-20(2)27-13-12-25-30(37-27)35-19-36-31(25)38-28-17-22(7-14-29(28)42-24-10-8-23(34)9-11-24)32(41)39-33(18-40)16-15-21-5-3-4-6-26(21)33/h3-14,17,19-20,40H,15-16,18,34H2,1-2H3,(H,39,41)(H,35,36,37,38). The lowest BCUT2D eigenvalue weighted by Gasteiger charge is -2.30. The number of aliphatic hydroxyl groups is 1. The molecule has 1 amide bonds. The predicted octanol–water partition coefficient (Wildman–Crippen LogP) is 6.19. The quantitative estimate of drug-likeness (QED) is 0.161. The second-order valence-electron chi connectivity index (χ2n) is 10.8. The van der Waals surface area contributed by atoms with E-state index >= 15 is 0 Å². The molecule has 212 valence electrons. The fourth-order valence-corrected chi connectivity index (χ4v) is 6.22. The van der Waals surface area contributed by atoms with E-state index < -0.39 is 5.54 Å². The summed E-state index contributed by atoms with van der Waals surface area (Å²) in [5.41, 5.74) is 10.6. The molecule has 9 heteroatoms. The number of anilines is 3. The molecular formula is C33H32N6O2S. The number of nitrogen functional groups attached to an aromatic ring is 1. The molecule has 0 saturated heterocycles. The highest BCUT2D eigenvalue weighted by Gasteiger charge is 2.39. The van der Waals surface area contributed by atoms with Crippen LogP contribution in [0.15, 0.2) is 95.0 Å². The summed E-state index contributed by atoms with van der Waals surface area (Å²) in [4.78, 5) is 29.2. The number of nitrogens with one attached hydrogen (secondary N) is 2. The van der Waals surface area contributed by atoms with E-state index in [0.717, 1.165) is 38.4 Å². The average Bonchev–Trinajstić information content (AvgIpc) is 3.37. The Bertz CT molecular complexity index is 1780. The summed E-state index contributed by atoms with van der Waals surface area (Å²) >= 11 is 1.55. The van der Waals surface area contributed by atoms with E-state index in [2.05, 4.69) is 40.5 Å². The summed E-state index contributed by atoms with van der Waals surface area (Å²) in [5.74, 6) is 0.604. The van der Waals surface area contributed by atoms with E-state index in [1.54, 1.807) is 17.8 Å². The number of nitrogens with two attached hydrogens (primary N) is 1. The van der Waals surface area contributed by atoms with Crippen LogP contribution in [-0.2, 0) is 12.0 Å². The zero-order chi connectivity index (χ0) is 29.3. The van der Waals surface area contributed by atoms with E-state index in [1.165, 1.54) is 6.33 Å². The molecule has 8 nitrogen and oxygen atoms in total. The number of benzene rings is 3. The number of pyridine rings is 1. The third-order valence-corrected chi connectivity index (χ3v) is 8.77. The lowest BCUT2D eigenvalue weighted by molar-refractivity contribution is 0.0829. The first-order chi connectivity index (χ1) is 20.3. The van der Waals surface area contributed by atoms with Crippen LogP contribution < -0.4 is 16.4 Å². The highest BCUT2D eigenvalue weighted by Crippen LogP contribution is 2.39. The number of nitrogens with zero attached hydrogens (tertiary/aromatic N) is 3. The monoisotopic (exact) mass is 576 g/mol. The van der Waals surface area contributed by atoms with E-state index in [0.29, 0.717) is 34.8 Å². The van der Waals surface area contributed by atoms with Crippen LogP contribution >= 0.6 is 11.8 Å². The van der Waals surface area contributed by atoms with Crippen LogP contribution in [0, 0.1) is 0 Å². The van der Waals surface area contributed by atoms with E-state index in [-0.39, 0.29) is 18.4 Å². The van der Waals surface area contributed by atoms with Crippen LogP contribution in [-0.4, -0.2) is 32.6 Å². The number of hydrogen-bond acceptors (Lipinski definition) is 8. The van der Waals surface area contributed by atoms with Crippen molar-refractivity contribution < 1.29 is 9.90 Å². The molecule has 0 fully saturated rings. The molecule has 2 aromatic heterocycles. The van der Waals surface area contributed by atoms with Gasteiger partial charge in [-0.3, -0.25) is 4.79 Å². The second-order valence-corrected chi connectivity index (χ2v) is 12.0. The van der Waals surface area contributed by atoms with Crippen LogP contribution in [0.5, 0.6) is 0 Å². The first-order valence-electron chi connectivity index (χ1n) is 13.9. The van der Waals surface area contributed by atoms with Crippen LogP contribution in [0.4, 0.5) is 17.2 Å². The van der Waals surface area contributed by atoms with Crippen molar-refractivity contribution in [1.82, 2.24) is 20.3 Å². The van der Waals surface area contributed by atoms with Gasteiger partial charge in [0.05, 0.1) is 23.2 Å². The molecule has 5 aromatic rings. The Balaban J connectivity index is 1.37. The molecule has 3 aromatic carbocycles. The molecule has 0 spiro atoms. The minimum atomic E-state index is -0.818. The number of carbonyl (C=O) groups excluding carboxylic acids is 1. The Kier molecular flexibility index (Phi) is 7.53. The van der Waals surface area contributed by atoms with Gasteiger partial charge in [-0.25, -0.2) is 15.0 Å². The van der Waals surface area contributed by atoms with Gasteiger partial charge in [0.15, 0.2) is 5.65 Å². The Morgan fingerprint density at radius 3 is 2.64 bits per heavy atom. The summed E-state index contributed by atoms with van der Waals surface area (Å²) in [6.45, 7) is 4.01. The van der Waals surface area contributed by atoms with Crippen molar-refractivity contribution in [3.8, 4) is 0 Å². The molecule has 0 bridgehead atoms. The largest absolute Gasteiger partial charge is 0.399 e. The van der Waals surface area contributed by atoms with Crippen molar-refractivity contribution in [2.75, 3.05) is 17.7 Å². The number of fused-ring (bicyclic) bond motifs is 2. The van der Waals surface area contributed by atoms with Crippen LogP contribution in [0.2, 0.25) is 0 Å². The smallest absolute Gasteiger partial charge is 0.252 e. The minimum Gasteiger partial charge on any atom is -0.399 e. The number of aliphatic hydroxyl groups excluding tert-OH is 1. The fourth-order valence-electron chi connectivity index (χ4n) is 5.34. The molecule has 0 aliphatic heterocycles. The molecular weight excluding hydrogens is 544 g/mol. The zero-order valence-corrected chi connectivity index (χ0v) is 24.3. The van der Waals surface area contributed by atoms with Crippen molar-refractivity contribution in [2.24, 2.45) is 0 Å². The fraction of sp³-hybridized carbons (Fsp3) is 0.212. The van der Waals surface area contributed by atoms with Crippen molar-refractivity contribution in [3.05, 3.63) is 108 Å². The van der Waals surface area contributed by atoms with E-state index in [4.69, 9.17) is 10.7 Å². The molecule has 0 radical (unpaired) electrons. The average molecular weight is 577 g/mol. The lowest BCUT2D eigenvalue weighted by Crippen LogP contribution is -2.47. The minimum absolute atomic E-state index is 0.176. The third-order valence-electron chi connectivity index (χ3n) is 7.69. The highest BCUT2D eigenvalue weighted by molar-refractivity contribution is 7.99. The molecule has 1 aliphatic carbocycles. The third kappa shape index (κ3) is 5.41. The van der Waals surface area contributed by atoms with Crippen LogP contribution in [0.1, 0.15) is 53.4 Å². The lowest BCUT2D eigenvalue weighted by atomic mass is 9.92. The normalized spacial score (nSPS) is 16.0. The molecule has 5 N–H and O–H groups in total. The summed E-state index contributed by atoms with van der Waals surface area (Å²) in [6, 6.07) is 25.1. The molecule has 0 saturated carbocycles. The Labute approximate surface area is 248 Å². The summed E-state index contributed by atoms with van der Waals surface area (Å²) in [5, 5.41) is 17.8. The Morgan fingerprint density at radius 2 is 1.86 bits per heavy atom. The van der Waals surface area contributed by atoms with Gasteiger partial charge in [0, 0.05) is 26.7 Å². The van der Waals surface area contributed by atoms with Gasteiger partial charge in [0.25, 0.3) is 5.91 Å². The molecule has 1 aliphatic rings. The molecule has 1 atom stereocenters.